The maximum Gasteiger partial charge on any atom is 0.338 e. The molecule has 0 aliphatic heterocycles. The molecule has 0 aliphatic carbocycles. The predicted molar refractivity (Wildman–Crippen MR) is 75.9 cm³/mol. The van der Waals surface area contributed by atoms with Crippen molar-refractivity contribution < 1.29 is 14.3 Å². The number of aromatic nitrogens is 1. The van der Waals surface area contributed by atoms with Gasteiger partial charge < -0.3 is 9.47 Å². The highest BCUT2D eigenvalue weighted by Gasteiger charge is 2.18. The van der Waals surface area contributed by atoms with Crippen LogP contribution in [0.5, 0.6) is 11.6 Å². The summed E-state index contributed by atoms with van der Waals surface area (Å²) in [6.45, 7) is 5.50. The lowest BCUT2D eigenvalue weighted by Gasteiger charge is -2.19. The zero-order valence-electron chi connectivity index (χ0n) is 11.8. The number of ether oxygens (including phenoxy) is 2. The Morgan fingerprint density at radius 1 is 1.10 bits per heavy atom. The summed E-state index contributed by atoms with van der Waals surface area (Å²) in [6, 6.07) is 12.2. The fraction of sp³-hybridized carbons (Fsp3) is 0.250. The Hall–Kier alpha value is -2.36. The molecule has 0 atom stereocenters. The average molecular weight is 271 g/mol. The first-order chi connectivity index (χ1) is 9.44. The third kappa shape index (κ3) is 4.09. The highest BCUT2D eigenvalue weighted by Crippen LogP contribution is 2.21. The quantitative estimate of drug-likeness (QED) is 0.796. The topological polar surface area (TPSA) is 48.4 Å². The van der Waals surface area contributed by atoms with Crippen molar-refractivity contribution in [1.82, 2.24) is 4.98 Å². The number of hydrogen-bond donors (Lipinski definition) is 0. The Bertz CT molecular complexity index is 588. The molecule has 0 N–H and O–H groups in total. The molecule has 4 heteroatoms. The molecule has 2 rings (SSSR count). The van der Waals surface area contributed by atoms with Crippen molar-refractivity contribution in [2.24, 2.45) is 0 Å². The first-order valence-corrected chi connectivity index (χ1v) is 6.36. The molecule has 20 heavy (non-hydrogen) atoms. The van der Waals surface area contributed by atoms with E-state index in [1.165, 1.54) is 0 Å². The Kier molecular flexibility index (Phi) is 4.03. The van der Waals surface area contributed by atoms with Gasteiger partial charge in [0.1, 0.15) is 11.4 Å². The first kappa shape index (κ1) is 14.1. The van der Waals surface area contributed by atoms with Crippen molar-refractivity contribution in [3.63, 3.8) is 0 Å². The molecule has 1 heterocycles. The van der Waals surface area contributed by atoms with E-state index in [0.717, 1.165) is 0 Å². The molecule has 2 aromatic rings. The SMILES string of the molecule is CC(C)(C)OC(=O)c1cccc(Oc2ccccn2)c1. The number of pyridine rings is 1. The molecular weight excluding hydrogens is 254 g/mol. The van der Waals surface area contributed by atoms with Crippen LogP contribution in [0.2, 0.25) is 0 Å². The van der Waals surface area contributed by atoms with Gasteiger partial charge in [-0.25, -0.2) is 9.78 Å². The summed E-state index contributed by atoms with van der Waals surface area (Å²) in [7, 11) is 0. The van der Waals surface area contributed by atoms with Gasteiger partial charge in [-0.2, -0.15) is 0 Å². The number of nitrogens with zero attached hydrogens (tertiary/aromatic N) is 1. The van der Waals surface area contributed by atoms with E-state index in [2.05, 4.69) is 4.98 Å². The smallest absolute Gasteiger partial charge is 0.338 e. The van der Waals surface area contributed by atoms with E-state index in [1.54, 1.807) is 36.5 Å². The van der Waals surface area contributed by atoms with E-state index >= 15 is 0 Å². The van der Waals surface area contributed by atoms with Crippen LogP contribution in [0.4, 0.5) is 0 Å². The molecule has 0 bridgehead atoms. The van der Waals surface area contributed by atoms with Crippen LogP contribution in [-0.4, -0.2) is 16.6 Å². The number of hydrogen-bond acceptors (Lipinski definition) is 4. The van der Waals surface area contributed by atoms with Crippen molar-refractivity contribution >= 4 is 5.97 Å². The normalized spacial score (nSPS) is 10.9. The molecule has 0 amide bonds. The molecule has 0 fully saturated rings. The largest absolute Gasteiger partial charge is 0.456 e. The summed E-state index contributed by atoms with van der Waals surface area (Å²) >= 11 is 0. The van der Waals surface area contributed by atoms with Gasteiger partial charge in [0.2, 0.25) is 5.88 Å². The van der Waals surface area contributed by atoms with Crippen molar-refractivity contribution in [2.75, 3.05) is 0 Å². The standard InChI is InChI=1S/C16H17NO3/c1-16(2,3)20-15(18)12-7-6-8-13(11-12)19-14-9-4-5-10-17-14/h4-11H,1-3H3. The maximum atomic E-state index is 12.0. The number of rotatable bonds is 3. The van der Waals surface area contributed by atoms with Gasteiger partial charge in [-0.3, -0.25) is 0 Å². The Balaban J connectivity index is 2.14. The number of benzene rings is 1. The van der Waals surface area contributed by atoms with E-state index in [4.69, 9.17) is 9.47 Å². The second kappa shape index (κ2) is 5.74. The van der Waals surface area contributed by atoms with Crippen LogP contribution in [0.15, 0.2) is 48.7 Å². The van der Waals surface area contributed by atoms with E-state index in [0.29, 0.717) is 17.2 Å². The summed E-state index contributed by atoms with van der Waals surface area (Å²) in [5.74, 6) is 0.657. The fourth-order valence-corrected chi connectivity index (χ4v) is 1.55. The maximum absolute atomic E-state index is 12.0. The Morgan fingerprint density at radius 3 is 2.55 bits per heavy atom. The van der Waals surface area contributed by atoms with Gasteiger partial charge in [0, 0.05) is 12.3 Å². The molecule has 0 unspecified atom stereocenters. The van der Waals surface area contributed by atoms with E-state index in [1.807, 2.05) is 32.9 Å². The second-order valence-electron chi connectivity index (χ2n) is 5.30. The van der Waals surface area contributed by atoms with Crippen molar-refractivity contribution in [3.05, 3.63) is 54.2 Å². The minimum absolute atomic E-state index is 0.371. The average Bonchev–Trinajstić information content (AvgIpc) is 2.38. The van der Waals surface area contributed by atoms with Crippen molar-refractivity contribution in [2.45, 2.75) is 26.4 Å². The monoisotopic (exact) mass is 271 g/mol. The number of esters is 1. The van der Waals surface area contributed by atoms with Crippen LogP contribution in [0.1, 0.15) is 31.1 Å². The Labute approximate surface area is 118 Å². The van der Waals surface area contributed by atoms with Gasteiger partial charge in [-0.15, -0.1) is 0 Å². The molecule has 0 saturated carbocycles. The summed E-state index contributed by atoms with van der Waals surface area (Å²) in [5, 5.41) is 0. The highest BCUT2D eigenvalue weighted by molar-refractivity contribution is 5.90. The lowest BCUT2D eigenvalue weighted by molar-refractivity contribution is 0.00692. The predicted octanol–water partition coefficient (Wildman–Crippen LogP) is 3.83. The van der Waals surface area contributed by atoms with Crippen LogP contribution in [-0.2, 0) is 4.74 Å². The molecule has 1 aromatic heterocycles. The van der Waals surface area contributed by atoms with Crippen LogP contribution < -0.4 is 4.74 Å². The van der Waals surface area contributed by atoms with Gasteiger partial charge in [-0.05, 0) is 45.0 Å². The number of carbonyl (C=O) groups is 1. The summed E-state index contributed by atoms with van der Waals surface area (Å²) in [4.78, 5) is 16.0. The molecule has 104 valence electrons. The minimum Gasteiger partial charge on any atom is -0.456 e. The molecule has 0 saturated heterocycles. The molecule has 0 radical (unpaired) electrons. The zero-order valence-corrected chi connectivity index (χ0v) is 11.8. The number of carbonyl (C=O) groups excluding carboxylic acids is 1. The second-order valence-corrected chi connectivity index (χ2v) is 5.30. The molecule has 0 spiro atoms. The lowest BCUT2D eigenvalue weighted by Crippen LogP contribution is -2.23. The van der Waals surface area contributed by atoms with Crippen LogP contribution in [0.3, 0.4) is 0 Å². The van der Waals surface area contributed by atoms with Gasteiger partial charge in [-0.1, -0.05) is 12.1 Å². The molecule has 4 nitrogen and oxygen atoms in total. The van der Waals surface area contributed by atoms with Gasteiger partial charge >= 0.3 is 5.97 Å². The summed E-state index contributed by atoms with van der Waals surface area (Å²) in [6.07, 6.45) is 1.65. The summed E-state index contributed by atoms with van der Waals surface area (Å²) < 4.78 is 10.9. The zero-order chi connectivity index (χ0) is 14.6. The van der Waals surface area contributed by atoms with Crippen LogP contribution in [0, 0.1) is 0 Å². The van der Waals surface area contributed by atoms with E-state index < -0.39 is 5.60 Å². The van der Waals surface area contributed by atoms with Gasteiger partial charge in [0.15, 0.2) is 0 Å². The molecular formula is C16H17NO3. The third-order valence-electron chi connectivity index (χ3n) is 2.33. The fourth-order valence-electron chi connectivity index (χ4n) is 1.55. The van der Waals surface area contributed by atoms with Gasteiger partial charge in [0.25, 0.3) is 0 Å². The van der Waals surface area contributed by atoms with Crippen LogP contribution >= 0.6 is 0 Å². The van der Waals surface area contributed by atoms with Crippen molar-refractivity contribution in [1.29, 1.82) is 0 Å². The first-order valence-electron chi connectivity index (χ1n) is 6.36. The molecule has 1 aromatic carbocycles. The van der Waals surface area contributed by atoms with E-state index in [9.17, 15) is 4.79 Å². The van der Waals surface area contributed by atoms with Crippen molar-refractivity contribution in [3.8, 4) is 11.6 Å². The summed E-state index contributed by atoms with van der Waals surface area (Å²) in [5.41, 5.74) is -0.0667. The highest BCUT2D eigenvalue weighted by atomic mass is 16.6. The van der Waals surface area contributed by atoms with E-state index in [-0.39, 0.29) is 5.97 Å². The Morgan fingerprint density at radius 2 is 1.90 bits per heavy atom. The minimum atomic E-state index is -0.519. The van der Waals surface area contributed by atoms with Crippen LogP contribution in [0.25, 0.3) is 0 Å². The molecule has 0 aliphatic rings. The van der Waals surface area contributed by atoms with Gasteiger partial charge in [0.05, 0.1) is 5.56 Å². The third-order valence-corrected chi connectivity index (χ3v) is 2.33. The lowest BCUT2D eigenvalue weighted by atomic mass is 10.1.